The predicted molar refractivity (Wildman–Crippen MR) is 82.6 cm³/mol. The van der Waals surface area contributed by atoms with Gasteiger partial charge in [-0.3, -0.25) is 0 Å². The Bertz CT molecular complexity index is 767. The quantitative estimate of drug-likeness (QED) is 0.483. The van der Waals surface area contributed by atoms with Gasteiger partial charge in [0.1, 0.15) is 0 Å². The Kier molecular flexibility index (Phi) is 2.38. The first-order chi connectivity index (χ1) is 9.33. The fraction of sp³-hybridized carbons (Fsp3) is 0.263. The Hall–Kier alpha value is -1.82. The third-order valence-electron chi connectivity index (χ3n) is 4.59. The van der Waals surface area contributed by atoms with Gasteiger partial charge in [0.2, 0.25) is 0 Å². The van der Waals surface area contributed by atoms with Crippen molar-refractivity contribution in [2.45, 2.75) is 26.2 Å². The maximum Gasteiger partial charge on any atom is -0.0102 e. The van der Waals surface area contributed by atoms with Gasteiger partial charge in [0.15, 0.2) is 0 Å². The molecule has 0 radical (unpaired) electrons. The fourth-order valence-corrected chi connectivity index (χ4v) is 3.52. The molecule has 0 N–H and O–H groups in total. The zero-order valence-electron chi connectivity index (χ0n) is 11.3. The van der Waals surface area contributed by atoms with E-state index in [0.717, 1.165) is 5.92 Å². The van der Waals surface area contributed by atoms with Crippen molar-refractivity contribution in [3.05, 3.63) is 59.7 Å². The van der Waals surface area contributed by atoms with Crippen LogP contribution in [0.1, 0.15) is 24.5 Å². The summed E-state index contributed by atoms with van der Waals surface area (Å²) >= 11 is 0. The third-order valence-corrected chi connectivity index (χ3v) is 4.59. The van der Waals surface area contributed by atoms with Crippen molar-refractivity contribution in [3.63, 3.8) is 0 Å². The zero-order valence-corrected chi connectivity index (χ0v) is 11.3. The topological polar surface area (TPSA) is 0 Å². The van der Waals surface area contributed by atoms with E-state index in [4.69, 9.17) is 0 Å². The molecule has 0 saturated heterocycles. The Morgan fingerprint density at radius 2 is 1.68 bits per heavy atom. The number of hydrogen-bond donors (Lipinski definition) is 0. The lowest BCUT2D eigenvalue weighted by Crippen LogP contribution is -2.11. The summed E-state index contributed by atoms with van der Waals surface area (Å²) in [7, 11) is 0. The van der Waals surface area contributed by atoms with Gasteiger partial charge in [-0.2, -0.15) is 0 Å². The summed E-state index contributed by atoms with van der Waals surface area (Å²) in [4.78, 5) is 0. The van der Waals surface area contributed by atoms with Gasteiger partial charge in [0, 0.05) is 0 Å². The predicted octanol–water partition coefficient (Wildman–Crippen LogP) is 5.12. The first-order valence-corrected chi connectivity index (χ1v) is 7.25. The molecule has 1 aliphatic carbocycles. The molecule has 3 aromatic carbocycles. The second kappa shape index (κ2) is 4.09. The number of hydrogen-bond acceptors (Lipinski definition) is 0. The zero-order chi connectivity index (χ0) is 12.8. The van der Waals surface area contributed by atoms with E-state index in [1.165, 1.54) is 40.8 Å². The summed E-state index contributed by atoms with van der Waals surface area (Å²) in [5, 5.41) is 5.63. The van der Waals surface area contributed by atoms with Crippen molar-refractivity contribution in [1.29, 1.82) is 0 Å². The van der Waals surface area contributed by atoms with Crippen LogP contribution in [0.4, 0.5) is 0 Å². The minimum absolute atomic E-state index is 0.824. The summed E-state index contributed by atoms with van der Waals surface area (Å²) in [6, 6.07) is 18.0. The molecule has 0 aromatic heterocycles. The second-order valence-corrected chi connectivity index (χ2v) is 5.93. The van der Waals surface area contributed by atoms with Crippen LogP contribution >= 0.6 is 0 Å². The highest BCUT2D eigenvalue weighted by molar-refractivity contribution is 6.08. The molecule has 0 nitrogen and oxygen atoms in total. The maximum atomic E-state index is 2.38. The van der Waals surface area contributed by atoms with Crippen molar-refractivity contribution in [2.24, 2.45) is 5.92 Å². The van der Waals surface area contributed by atoms with E-state index in [1.54, 1.807) is 11.1 Å². The van der Waals surface area contributed by atoms with E-state index < -0.39 is 0 Å². The third kappa shape index (κ3) is 1.67. The normalized spacial score (nSPS) is 18.7. The van der Waals surface area contributed by atoms with Crippen molar-refractivity contribution in [1.82, 2.24) is 0 Å². The van der Waals surface area contributed by atoms with Crippen LogP contribution in [0.15, 0.2) is 48.5 Å². The average Bonchev–Trinajstić information content (AvgIpc) is 2.46. The minimum atomic E-state index is 0.824. The van der Waals surface area contributed by atoms with Gasteiger partial charge in [-0.15, -0.1) is 0 Å². The van der Waals surface area contributed by atoms with Crippen LogP contribution in [-0.4, -0.2) is 0 Å². The van der Waals surface area contributed by atoms with E-state index in [0.29, 0.717) is 0 Å². The number of benzene rings is 3. The molecule has 0 fully saturated rings. The van der Waals surface area contributed by atoms with Gasteiger partial charge < -0.3 is 0 Å². The maximum absolute atomic E-state index is 2.38. The van der Waals surface area contributed by atoms with Crippen LogP contribution in [0, 0.1) is 5.92 Å². The van der Waals surface area contributed by atoms with Crippen LogP contribution in [0.5, 0.6) is 0 Å². The van der Waals surface area contributed by atoms with Crippen LogP contribution in [0.2, 0.25) is 0 Å². The molecule has 0 spiro atoms. The lowest BCUT2D eigenvalue weighted by Gasteiger charge is -2.23. The van der Waals surface area contributed by atoms with E-state index in [-0.39, 0.29) is 0 Å². The summed E-state index contributed by atoms with van der Waals surface area (Å²) in [5.41, 5.74) is 3.17. The molecular formula is C19H18. The summed E-state index contributed by atoms with van der Waals surface area (Å²) < 4.78 is 0. The van der Waals surface area contributed by atoms with Crippen molar-refractivity contribution in [3.8, 4) is 0 Å². The molecule has 1 aliphatic rings. The van der Waals surface area contributed by atoms with Crippen molar-refractivity contribution < 1.29 is 0 Å². The molecule has 0 heteroatoms. The summed E-state index contributed by atoms with van der Waals surface area (Å²) in [6.07, 6.45) is 3.83. The largest absolute Gasteiger partial charge is 0.0622 e. The first kappa shape index (κ1) is 11.0. The second-order valence-electron chi connectivity index (χ2n) is 5.93. The monoisotopic (exact) mass is 246 g/mol. The van der Waals surface area contributed by atoms with Gasteiger partial charge in [-0.1, -0.05) is 55.5 Å². The Morgan fingerprint density at radius 1 is 0.842 bits per heavy atom. The highest BCUT2D eigenvalue weighted by Crippen LogP contribution is 2.34. The van der Waals surface area contributed by atoms with Gasteiger partial charge in [0.25, 0.3) is 0 Å². The minimum Gasteiger partial charge on any atom is -0.0622 e. The molecular weight excluding hydrogens is 228 g/mol. The number of rotatable bonds is 0. The van der Waals surface area contributed by atoms with E-state index in [2.05, 4.69) is 55.5 Å². The fourth-order valence-electron chi connectivity index (χ4n) is 3.52. The molecule has 4 rings (SSSR count). The highest BCUT2D eigenvalue weighted by Gasteiger charge is 2.17. The molecule has 0 amide bonds. The SMILES string of the molecule is C[C@@H]1CCc2ccc3c(ccc4ccccc43)c2C1. The highest BCUT2D eigenvalue weighted by atomic mass is 14.2. The molecule has 94 valence electrons. The lowest BCUT2D eigenvalue weighted by atomic mass is 9.82. The summed E-state index contributed by atoms with van der Waals surface area (Å²) in [5.74, 6) is 0.824. The molecule has 0 heterocycles. The first-order valence-electron chi connectivity index (χ1n) is 7.25. The van der Waals surface area contributed by atoms with Gasteiger partial charge in [-0.25, -0.2) is 0 Å². The van der Waals surface area contributed by atoms with Gasteiger partial charge in [-0.05, 0) is 57.9 Å². The van der Waals surface area contributed by atoms with Crippen molar-refractivity contribution >= 4 is 21.5 Å². The van der Waals surface area contributed by atoms with E-state index >= 15 is 0 Å². The molecule has 0 unspecified atom stereocenters. The standard InChI is InChI=1S/C19H18/c1-13-6-7-15-9-10-17-16-5-3-2-4-14(16)8-11-18(17)19(15)12-13/h2-5,8-11,13H,6-7,12H2,1H3/t13-/m1/s1. The van der Waals surface area contributed by atoms with Gasteiger partial charge in [0.05, 0.1) is 0 Å². The lowest BCUT2D eigenvalue weighted by molar-refractivity contribution is 0.504. The molecule has 0 saturated carbocycles. The molecule has 19 heavy (non-hydrogen) atoms. The van der Waals surface area contributed by atoms with E-state index in [9.17, 15) is 0 Å². The number of fused-ring (bicyclic) bond motifs is 5. The van der Waals surface area contributed by atoms with Crippen LogP contribution in [-0.2, 0) is 12.8 Å². The Morgan fingerprint density at radius 3 is 2.63 bits per heavy atom. The van der Waals surface area contributed by atoms with Gasteiger partial charge >= 0.3 is 0 Å². The Labute approximate surface area is 114 Å². The molecule has 0 bridgehead atoms. The average molecular weight is 246 g/mol. The van der Waals surface area contributed by atoms with Crippen LogP contribution < -0.4 is 0 Å². The van der Waals surface area contributed by atoms with Crippen LogP contribution in [0.3, 0.4) is 0 Å². The summed E-state index contributed by atoms with van der Waals surface area (Å²) in [6.45, 7) is 2.38. The molecule has 3 aromatic rings. The van der Waals surface area contributed by atoms with E-state index in [1.807, 2.05) is 0 Å². The van der Waals surface area contributed by atoms with Crippen LogP contribution in [0.25, 0.3) is 21.5 Å². The van der Waals surface area contributed by atoms with Crippen molar-refractivity contribution in [2.75, 3.05) is 0 Å². The number of aryl methyl sites for hydroxylation is 1. The molecule has 0 aliphatic heterocycles. The molecule has 1 atom stereocenters. The smallest absolute Gasteiger partial charge is 0.0102 e. The Balaban J connectivity index is 2.10.